The van der Waals surface area contributed by atoms with Gasteiger partial charge < -0.3 is 15.8 Å². The number of alkyl halides is 3. The molecular weight excluding hydrogens is 315 g/mol. The highest BCUT2D eigenvalue weighted by Gasteiger charge is 2.27. The van der Waals surface area contributed by atoms with Crippen molar-refractivity contribution in [3.05, 3.63) is 16.2 Å². The van der Waals surface area contributed by atoms with E-state index < -0.39 is 12.8 Å². The summed E-state index contributed by atoms with van der Waals surface area (Å²) < 4.78 is 40.5. The van der Waals surface area contributed by atoms with Crippen LogP contribution in [0.4, 0.5) is 24.7 Å². The lowest BCUT2D eigenvalue weighted by Gasteiger charge is -2.11. The number of nitrogens with zero attached hydrogens (tertiary/aromatic N) is 1. The van der Waals surface area contributed by atoms with Crippen molar-refractivity contribution in [2.45, 2.75) is 13.1 Å². The summed E-state index contributed by atoms with van der Waals surface area (Å²) in [5.41, 5.74) is 7.01. The van der Waals surface area contributed by atoms with E-state index in [1.807, 2.05) is 6.92 Å². The number of nitrogen functional groups attached to an aromatic ring is 1. The zero-order valence-electron chi connectivity index (χ0n) is 9.64. The van der Waals surface area contributed by atoms with Gasteiger partial charge in [0.2, 0.25) is 0 Å². The van der Waals surface area contributed by atoms with Crippen molar-refractivity contribution in [1.82, 2.24) is 4.98 Å². The number of anilines is 2. The van der Waals surface area contributed by atoms with Gasteiger partial charge in [-0.25, -0.2) is 4.98 Å². The van der Waals surface area contributed by atoms with Crippen LogP contribution in [0.25, 0.3) is 0 Å². The van der Waals surface area contributed by atoms with Gasteiger partial charge in [0.1, 0.15) is 12.4 Å². The van der Waals surface area contributed by atoms with Crippen LogP contribution in [-0.4, -0.2) is 30.9 Å². The smallest absolute Gasteiger partial charge is 0.397 e. The molecule has 0 spiro atoms. The van der Waals surface area contributed by atoms with Crippen LogP contribution in [0.1, 0.15) is 5.56 Å². The summed E-state index contributed by atoms with van der Waals surface area (Å²) >= 11 is 3.31. The fourth-order valence-electron chi connectivity index (χ4n) is 1.14. The van der Waals surface area contributed by atoms with Crippen molar-refractivity contribution in [3.63, 3.8) is 0 Å². The third-order valence-electron chi connectivity index (χ3n) is 2.11. The predicted octanol–water partition coefficient (Wildman–Crippen LogP) is 2.73. The predicted molar refractivity (Wildman–Crippen MR) is 66.5 cm³/mol. The Hall–Kier alpha value is -1.02. The molecule has 8 heteroatoms. The first-order chi connectivity index (χ1) is 8.31. The number of halogens is 4. The number of nitrogens with two attached hydrogens (primary N) is 1. The zero-order chi connectivity index (χ0) is 13.8. The molecule has 0 aliphatic heterocycles. The standard InChI is InChI=1S/C10H13BrF3N3O/c1-6-7(15)4-17-9(8(6)11)16-2-3-18-5-10(12,13)14/h4H,2-3,5,15H2,1H3,(H,16,17). The normalized spacial score (nSPS) is 11.6. The number of aromatic nitrogens is 1. The van der Waals surface area contributed by atoms with Gasteiger partial charge in [-0.3, -0.25) is 0 Å². The van der Waals surface area contributed by atoms with Crippen LogP contribution in [-0.2, 0) is 4.74 Å². The first-order valence-corrected chi connectivity index (χ1v) is 5.89. The summed E-state index contributed by atoms with van der Waals surface area (Å²) in [5, 5.41) is 2.86. The average Bonchev–Trinajstić information content (AvgIpc) is 2.27. The van der Waals surface area contributed by atoms with E-state index in [0.29, 0.717) is 16.0 Å². The maximum atomic E-state index is 11.8. The molecule has 102 valence electrons. The van der Waals surface area contributed by atoms with E-state index >= 15 is 0 Å². The van der Waals surface area contributed by atoms with E-state index in [1.165, 1.54) is 6.20 Å². The Morgan fingerprint density at radius 2 is 2.17 bits per heavy atom. The van der Waals surface area contributed by atoms with E-state index in [2.05, 4.69) is 31.0 Å². The first-order valence-electron chi connectivity index (χ1n) is 5.10. The van der Waals surface area contributed by atoms with Gasteiger partial charge in [0, 0.05) is 6.54 Å². The number of hydrogen-bond donors (Lipinski definition) is 2. The lowest BCUT2D eigenvalue weighted by molar-refractivity contribution is -0.172. The monoisotopic (exact) mass is 327 g/mol. The molecule has 0 aromatic carbocycles. The molecule has 0 aliphatic rings. The van der Waals surface area contributed by atoms with Crippen molar-refractivity contribution < 1.29 is 17.9 Å². The Balaban J connectivity index is 2.39. The Labute approximate surface area is 111 Å². The summed E-state index contributed by atoms with van der Waals surface area (Å²) in [6.07, 6.45) is -2.81. The van der Waals surface area contributed by atoms with Crippen LogP contribution < -0.4 is 11.1 Å². The molecule has 1 heterocycles. The number of rotatable bonds is 5. The minimum absolute atomic E-state index is 0.0585. The minimum atomic E-state index is -4.30. The molecule has 0 radical (unpaired) electrons. The summed E-state index contributed by atoms with van der Waals surface area (Å²) in [5.74, 6) is 0.525. The molecule has 0 saturated heterocycles. The molecule has 0 atom stereocenters. The van der Waals surface area contributed by atoms with Gasteiger partial charge in [-0.2, -0.15) is 13.2 Å². The maximum Gasteiger partial charge on any atom is 0.411 e. The molecule has 18 heavy (non-hydrogen) atoms. The van der Waals surface area contributed by atoms with Gasteiger partial charge in [0.15, 0.2) is 0 Å². The molecule has 0 unspecified atom stereocenters. The highest BCUT2D eigenvalue weighted by Crippen LogP contribution is 2.27. The second-order valence-corrected chi connectivity index (χ2v) is 4.39. The average molecular weight is 328 g/mol. The number of nitrogens with one attached hydrogen (secondary N) is 1. The van der Waals surface area contributed by atoms with E-state index in [0.717, 1.165) is 5.56 Å². The van der Waals surface area contributed by atoms with E-state index in [9.17, 15) is 13.2 Å². The molecule has 0 fully saturated rings. The van der Waals surface area contributed by atoms with Gasteiger partial charge in [-0.05, 0) is 28.4 Å². The fourth-order valence-corrected chi connectivity index (χ4v) is 1.62. The molecule has 0 aliphatic carbocycles. The van der Waals surface area contributed by atoms with E-state index in [1.54, 1.807) is 0 Å². The summed E-state index contributed by atoms with van der Waals surface area (Å²) in [6, 6.07) is 0. The topological polar surface area (TPSA) is 60.2 Å². The second-order valence-electron chi connectivity index (χ2n) is 3.60. The largest absolute Gasteiger partial charge is 0.411 e. The number of pyridine rings is 1. The summed E-state index contributed by atoms with van der Waals surface area (Å²) in [6.45, 7) is 0.735. The third kappa shape index (κ3) is 4.69. The molecule has 0 amide bonds. The van der Waals surface area contributed by atoms with Crippen LogP contribution in [0.15, 0.2) is 10.7 Å². The Bertz CT molecular complexity index is 412. The lowest BCUT2D eigenvalue weighted by Crippen LogP contribution is -2.20. The molecule has 1 aromatic rings. The van der Waals surface area contributed by atoms with Crippen LogP contribution in [0.5, 0.6) is 0 Å². The number of ether oxygens (including phenoxy) is 1. The highest BCUT2D eigenvalue weighted by atomic mass is 79.9. The molecule has 3 N–H and O–H groups in total. The van der Waals surface area contributed by atoms with Gasteiger partial charge in [-0.1, -0.05) is 0 Å². The first kappa shape index (κ1) is 15.0. The van der Waals surface area contributed by atoms with E-state index in [-0.39, 0.29) is 13.2 Å². The van der Waals surface area contributed by atoms with Crippen LogP contribution in [0.3, 0.4) is 0 Å². The fraction of sp³-hybridized carbons (Fsp3) is 0.500. The summed E-state index contributed by atoms with van der Waals surface area (Å²) in [4.78, 5) is 4.02. The Kier molecular flexibility index (Phi) is 5.21. The van der Waals surface area contributed by atoms with Crippen molar-refractivity contribution >= 4 is 27.4 Å². The van der Waals surface area contributed by atoms with Crippen molar-refractivity contribution in [3.8, 4) is 0 Å². The minimum Gasteiger partial charge on any atom is -0.397 e. The van der Waals surface area contributed by atoms with Crippen LogP contribution in [0, 0.1) is 6.92 Å². The molecular formula is C10H13BrF3N3O. The van der Waals surface area contributed by atoms with Gasteiger partial charge in [0.25, 0.3) is 0 Å². The zero-order valence-corrected chi connectivity index (χ0v) is 11.2. The highest BCUT2D eigenvalue weighted by molar-refractivity contribution is 9.10. The number of hydrogen-bond acceptors (Lipinski definition) is 4. The molecule has 1 aromatic heterocycles. The lowest BCUT2D eigenvalue weighted by atomic mass is 10.2. The second kappa shape index (κ2) is 6.24. The Morgan fingerprint density at radius 3 is 2.78 bits per heavy atom. The third-order valence-corrected chi connectivity index (χ3v) is 3.08. The Morgan fingerprint density at radius 1 is 1.50 bits per heavy atom. The van der Waals surface area contributed by atoms with Gasteiger partial charge in [0.05, 0.1) is 23.0 Å². The summed E-state index contributed by atoms with van der Waals surface area (Å²) in [7, 11) is 0. The maximum absolute atomic E-state index is 11.8. The SMILES string of the molecule is Cc1c(N)cnc(NCCOCC(F)(F)F)c1Br. The van der Waals surface area contributed by atoms with Crippen molar-refractivity contribution in [2.75, 3.05) is 30.8 Å². The van der Waals surface area contributed by atoms with Crippen LogP contribution in [0.2, 0.25) is 0 Å². The molecule has 0 saturated carbocycles. The van der Waals surface area contributed by atoms with Crippen molar-refractivity contribution in [1.29, 1.82) is 0 Å². The van der Waals surface area contributed by atoms with E-state index in [4.69, 9.17) is 5.73 Å². The quantitative estimate of drug-likeness (QED) is 0.816. The van der Waals surface area contributed by atoms with Gasteiger partial charge in [-0.15, -0.1) is 0 Å². The molecule has 1 rings (SSSR count). The van der Waals surface area contributed by atoms with Crippen molar-refractivity contribution in [2.24, 2.45) is 0 Å². The van der Waals surface area contributed by atoms with Gasteiger partial charge >= 0.3 is 6.18 Å². The molecule has 0 bridgehead atoms. The van der Waals surface area contributed by atoms with Crippen LogP contribution >= 0.6 is 15.9 Å². The molecule has 4 nitrogen and oxygen atoms in total.